The summed E-state index contributed by atoms with van der Waals surface area (Å²) in [4.78, 5) is 0. The van der Waals surface area contributed by atoms with Crippen LogP contribution in [0.2, 0.25) is 19.6 Å². The number of aryl methyl sites for hydroxylation is 2. The minimum atomic E-state index is -1.57. The van der Waals surface area contributed by atoms with Gasteiger partial charge in [-0.25, -0.2) is 0 Å². The van der Waals surface area contributed by atoms with Crippen LogP contribution in [0.5, 0.6) is 5.75 Å². The SMILES string of the molecule is Cc1cc(C#N)cc(C)c1O[Si](C)(C)C. The van der Waals surface area contributed by atoms with E-state index in [2.05, 4.69) is 25.7 Å². The van der Waals surface area contributed by atoms with Crippen LogP contribution in [0.4, 0.5) is 0 Å². The first-order valence-corrected chi connectivity index (χ1v) is 8.44. The molecule has 15 heavy (non-hydrogen) atoms. The third kappa shape index (κ3) is 3.10. The zero-order valence-electron chi connectivity index (χ0n) is 10.0. The Kier molecular flexibility index (Phi) is 3.20. The highest BCUT2D eigenvalue weighted by Crippen LogP contribution is 2.27. The van der Waals surface area contributed by atoms with E-state index in [0.29, 0.717) is 5.56 Å². The summed E-state index contributed by atoms with van der Waals surface area (Å²) < 4.78 is 5.99. The van der Waals surface area contributed by atoms with E-state index in [0.717, 1.165) is 16.9 Å². The van der Waals surface area contributed by atoms with Crippen molar-refractivity contribution in [3.05, 3.63) is 28.8 Å². The summed E-state index contributed by atoms with van der Waals surface area (Å²) in [5, 5.41) is 8.83. The lowest BCUT2D eigenvalue weighted by atomic mass is 10.1. The monoisotopic (exact) mass is 219 g/mol. The van der Waals surface area contributed by atoms with Crippen molar-refractivity contribution < 1.29 is 4.43 Å². The van der Waals surface area contributed by atoms with Gasteiger partial charge in [0.05, 0.1) is 11.6 Å². The molecule has 3 heteroatoms. The molecule has 2 nitrogen and oxygen atoms in total. The molecule has 0 saturated heterocycles. The van der Waals surface area contributed by atoms with Gasteiger partial charge in [0.15, 0.2) is 0 Å². The largest absolute Gasteiger partial charge is 0.544 e. The van der Waals surface area contributed by atoms with Gasteiger partial charge in [0, 0.05) is 0 Å². The normalized spacial score (nSPS) is 10.9. The lowest BCUT2D eigenvalue weighted by Crippen LogP contribution is -2.30. The second kappa shape index (κ2) is 4.07. The molecule has 0 fully saturated rings. The molecule has 0 amide bonds. The van der Waals surface area contributed by atoms with Crippen molar-refractivity contribution >= 4 is 8.32 Å². The van der Waals surface area contributed by atoms with Crippen LogP contribution in [0.3, 0.4) is 0 Å². The van der Waals surface area contributed by atoms with Crippen molar-refractivity contribution in [2.24, 2.45) is 0 Å². The van der Waals surface area contributed by atoms with Crippen LogP contribution in [0, 0.1) is 25.2 Å². The van der Waals surface area contributed by atoms with Gasteiger partial charge in [0.2, 0.25) is 8.32 Å². The zero-order chi connectivity index (χ0) is 11.6. The first-order chi connectivity index (χ1) is 6.83. The van der Waals surface area contributed by atoms with E-state index in [1.165, 1.54) is 0 Å². The van der Waals surface area contributed by atoms with Crippen molar-refractivity contribution in [2.45, 2.75) is 33.5 Å². The van der Waals surface area contributed by atoms with Gasteiger partial charge in [-0.3, -0.25) is 0 Å². The maximum absolute atomic E-state index is 8.83. The number of nitriles is 1. The second-order valence-electron chi connectivity index (χ2n) is 4.77. The van der Waals surface area contributed by atoms with E-state index >= 15 is 0 Å². The molecule has 0 atom stereocenters. The Labute approximate surface area is 92.6 Å². The van der Waals surface area contributed by atoms with Crippen LogP contribution < -0.4 is 4.43 Å². The van der Waals surface area contributed by atoms with Crippen LogP contribution in [0.25, 0.3) is 0 Å². The molecule has 1 aromatic carbocycles. The fourth-order valence-corrected chi connectivity index (χ4v) is 2.42. The van der Waals surface area contributed by atoms with Gasteiger partial charge in [-0.15, -0.1) is 0 Å². The summed E-state index contributed by atoms with van der Waals surface area (Å²) in [6.07, 6.45) is 0. The van der Waals surface area contributed by atoms with Crippen molar-refractivity contribution in [3.8, 4) is 11.8 Å². The molecule has 0 N–H and O–H groups in total. The van der Waals surface area contributed by atoms with E-state index < -0.39 is 8.32 Å². The van der Waals surface area contributed by atoms with Crippen LogP contribution in [0.1, 0.15) is 16.7 Å². The Morgan fingerprint density at radius 1 is 1.13 bits per heavy atom. The van der Waals surface area contributed by atoms with Gasteiger partial charge in [0.25, 0.3) is 0 Å². The van der Waals surface area contributed by atoms with Crippen LogP contribution in [-0.2, 0) is 0 Å². The predicted octanol–water partition coefficient (Wildman–Crippen LogP) is 3.39. The van der Waals surface area contributed by atoms with Crippen molar-refractivity contribution in [3.63, 3.8) is 0 Å². The molecule has 0 radical (unpaired) electrons. The molecule has 80 valence electrons. The summed E-state index contributed by atoms with van der Waals surface area (Å²) in [7, 11) is -1.57. The molecule has 0 spiro atoms. The Balaban J connectivity index is 3.16. The van der Waals surface area contributed by atoms with E-state index in [-0.39, 0.29) is 0 Å². The second-order valence-corrected chi connectivity index (χ2v) is 9.19. The summed E-state index contributed by atoms with van der Waals surface area (Å²) in [5.74, 6) is 0.952. The summed E-state index contributed by atoms with van der Waals surface area (Å²) in [6.45, 7) is 10.4. The standard InChI is InChI=1S/C12H17NOSi/c1-9-6-11(8-13)7-10(2)12(9)14-15(3,4)5/h6-7H,1-5H3. The van der Waals surface area contributed by atoms with Crippen molar-refractivity contribution in [2.75, 3.05) is 0 Å². The third-order valence-electron chi connectivity index (χ3n) is 2.00. The predicted molar refractivity (Wildman–Crippen MR) is 64.6 cm³/mol. The highest BCUT2D eigenvalue weighted by molar-refractivity contribution is 6.70. The van der Waals surface area contributed by atoms with Crippen LogP contribution in [-0.4, -0.2) is 8.32 Å². The molecule has 0 aromatic heterocycles. The zero-order valence-corrected chi connectivity index (χ0v) is 11.0. The summed E-state index contributed by atoms with van der Waals surface area (Å²) in [6, 6.07) is 5.91. The Bertz CT molecular complexity index is 390. The number of rotatable bonds is 2. The van der Waals surface area contributed by atoms with Crippen molar-refractivity contribution in [1.29, 1.82) is 5.26 Å². The molecule has 1 rings (SSSR count). The topological polar surface area (TPSA) is 33.0 Å². The average Bonchev–Trinajstić information content (AvgIpc) is 2.09. The lowest BCUT2D eigenvalue weighted by molar-refractivity contribution is 0.548. The van der Waals surface area contributed by atoms with E-state index in [4.69, 9.17) is 9.69 Å². The van der Waals surface area contributed by atoms with Gasteiger partial charge in [0.1, 0.15) is 5.75 Å². The molecule has 0 saturated carbocycles. The summed E-state index contributed by atoms with van der Waals surface area (Å²) >= 11 is 0. The average molecular weight is 219 g/mol. The van der Waals surface area contributed by atoms with Crippen molar-refractivity contribution in [1.82, 2.24) is 0 Å². The van der Waals surface area contributed by atoms with Gasteiger partial charge < -0.3 is 4.43 Å². The Morgan fingerprint density at radius 2 is 1.60 bits per heavy atom. The molecular weight excluding hydrogens is 202 g/mol. The van der Waals surface area contributed by atoms with Gasteiger partial charge in [-0.2, -0.15) is 5.26 Å². The van der Waals surface area contributed by atoms with Crippen LogP contribution >= 0.6 is 0 Å². The minimum Gasteiger partial charge on any atom is -0.544 e. The fraction of sp³-hybridized carbons (Fsp3) is 0.417. The molecule has 0 heterocycles. The summed E-state index contributed by atoms with van der Waals surface area (Å²) in [5.41, 5.74) is 2.80. The lowest BCUT2D eigenvalue weighted by Gasteiger charge is -2.22. The maximum atomic E-state index is 8.83. The van der Waals surface area contributed by atoms with Gasteiger partial charge in [-0.1, -0.05) is 0 Å². The molecular formula is C12H17NOSi. The number of hydrogen-bond acceptors (Lipinski definition) is 2. The first-order valence-electron chi connectivity index (χ1n) is 5.04. The Hall–Kier alpha value is -1.27. The van der Waals surface area contributed by atoms with E-state index in [9.17, 15) is 0 Å². The maximum Gasteiger partial charge on any atom is 0.242 e. The Morgan fingerprint density at radius 3 is 1.93 bits per heavy atom. The molecule has 0 bridgehead atoms. The quantitative estimate of drug-likeness (QED) is 0.714. The fourth-order valence-electron chi connectivity index (χ4n) is 1.48. The first kappa shape index (κ1) is 11.8. The van der Waals surface area contributed by atoms with E-state index in [1.54, 1.807) is 0 Å². The minimum absolute atomic E-state index is 0.702. The van der Waals surface area contributed by atoms with E-state index in [1.807, 2.05) is 26.0 Å². The smallest absolute Gasteiger partial charge is 0.242 e. The highest BCUT2D eigenvalue weighted by Gasteiger charge is 2.18. The number of benzene rings is 1. The molecule has 0 aliphatic carbocycles. The molecule has 0 aliphatic rings. The molecule has 0 aliphatic heterocycles. The molecule has 1 aromatic rings. The highest BCUT2D eigenvalue weighted by atomic mass is 28.4. The third-order valence-corrected chi connectivity index (χ3v) is 2.81. The number of hydrogen-bond donors (Lipinski definition) is 0. The molecule has 0 unspecified atom stereocenters. The van der Waals surface area contributed by atoms with Gasteiger partial charge in [-0.05, 0) is 56.7 Å². The van der Waals surface area contributed by atoms with Gasteiger partial charge >= 0.3 is 0 Å². The number of nitrogens with zero attached hydrogens (tertiary/aromatic N) is 1. The van der Waals surface area contributed by atoms with Crippen LogP contribution in [0.15, 0.2) is 12.1 Å².